The Balaban J connectivity index is 2.18. The predicted molar refractivity (Wildman–Crippen MR) is 137 cm³/mol. The zero-order valence-corrected chi connectivity index (χ0v) is 20.9. The fourth-order valence-electron chi connectivity index (χ4n) is 5.90. The summed E-state index contributed by atoms with van der Waals surface area (Å²) in [6, 6.07) is 11.7. The fraction of sp³-hybridized carbons (Fsp3) is 0.621. The Bertz CT molecular complexity index is 906. The van der Waals surface area contributed by atoms with Crippen LogP contribution in [0.15, 0.2) is 42.7 Å². The Labute approximate surface area is 190 Å². The van der Waals surface area contributed by atoms with Crippen molar-refractivity contribution in [3.8, 4) is 0 Å². The lowest BCUT2D eigenvalue weighted by Crippen LogP contribution is -2.33. The third-order valence-corrected chi connectivity index (χ3v) is 7.54. The smallest absolute Gasteiger partial charge is 0.0525 e. The summed E-state index contributed by atoms with van der Waals surface area (Å²) in [5, 5.41) is 2.63. The zero-order valence-electron chi connectivity index (χ0n) is 20.9. The summed E-state index contributed by atoms with van der Waals surface area (Å²) >= 11 is 0. The Morgan fingerprint density at radius 2 is 1.48 bits per heavy atom. The monoisotopic (exact) mass is 420 g/mol. The lowest BCUT2D eigenvalue weighted by molar-refractivity contribution is 0.115. The highest BCUT2D eigenvalue weighted by Crippen LogP contribution is 2.49. The van der Waals surface area contributed by atoms with E-state index in [1.807, 2.05) is 6.20 Å². The minimum atomic E-state index is 0.232. The number of para-hydroxylation sites is 1. The third-order valence-electron chi connectivity index (χ3n) is 7.54. The number of rotatable bonds is 12. The van der Waals surface area contributed by atoms with E-state index in [0.717, 1.165) is 0 Å². The molecule has 0 aliphatic carbocycles. The van der Waals surface area contributed by atoms with Crippen molar-refractivity contribution in [2.75, 3.05) is 0 Å². The molecule has 1 unspecified atom stereocenters. The first-order valence-electron chi connectivity index (χ1n) is 12.7. The molecule has 3 rings (SSSR count). The Hall–Kier alpha value is -1.83. The van der Waals surface area contributed by atoms with Crippen LogP contribution in [0.5, 0.6) is 0 Å². The lowest BCUT2D eigenvalue weighted by atomic mass is 9.68. The number of pyridine rings is 1. The van der Waals surface area contributed by atoms with Crippen LogP contribution in [0.2, 0.25) is 0 Å². The van der Waals surface area contributed by atoms with E-state index in [2.05, 4.69) is 87.6 Å². The van der Waals surface area contributed by atoms with Gasteiger partial charge in [-0.25, -0.2) is 0 Å². The minimum absolute atomic E-state index is 0.232. The molecule has 1 aromatic carbocycles. The van der Waals surface area contributed by atoms with Crippen molar-refractivity contribution in [3.05, 3.63) is 42.7 Å². The van der Waals surface area contributed by atoms with Gasteiger partial charge >= 0.3 is 0 Å². The van der Waals surface area contributed by atoms with Crippen molar-refractivity contribution in [1.29, 1.82) is 0 Å². The summed E-state index contributed by atoms with van der Waals surface area (Å²) in [7, 11) is 0. The molecule has 0 spiro atoms. The van der Waals surface area contributed by atoms with Crippen molar-refractivity contribution in [2.45, 2.75) is 105 Å². The highest BCUT2D eigenvalue weighted by Gasteiger charge is 2.37. The molecule has 0 saturated heterocycles. The van der Waals surface area contributed by atoms with E-state index in [-0.39, 0.29) is 5.41 Å². The van der Waals surface area contributed by atoms with E-state index < -0.39 is 0 Å². The summed E-state index contributed by atoms with van der Waals surface area (Å²) < 4.78 is 2.70. The van der Waals surface area contributed by atoms with Crippen LogP contribution in [0, 0.1) is 10.8 Å². The van der Waals surface area contributed by atoms with Gasteiger partial charge in [0.05, 0.1) is 5.52 Å². The molecule has 0 fully saturated rings. The first kappa shape index (κ1) is 23.8. The van der Waals surface area contributed by atoms with E-state index in [1.165, 1.54) is 79.6 Å². The molecule has 0 saturated carbocycles. The molecule has 1 atom stereocenters. The number of benzene rings is 1. The van der Waals surface area contributed by atoms with Gasteiger partial charge in [-0.3, -0.25) is 4.98 Å². The second-order valence-corrected chi connectivity index (χ2v) is 10.8. The molecular weight excluding hydrogens is 376 g/mol. The Kier molecular flexibility index (Phi) is 7.83. The standard InChI is InChI=1S/C29H44N2/c1-7-10-13-19-28(4,5)27(21-29(6,17-8-2)18-9-3)31-25-15-12-11-14-23(25)24-22-30-20-16-26(24)31/h11-12,14-16,20,22,27H,7-10,13,17-19,21H2,1-6H3. The molecule has 2 heterocycles. The van der Waals surface area contributed by atoms with Crippen LogP contribution in [0.3, 0.4) is 0 Å². The average Bonchev–Trinajstić information content (AvgIpc) is 3.07. The number of nitrogens with zero attached hydrogens (tertiary/aromatic N) is 2. The van der Waals surface area contributed by atoms with Gasteiger partial charge in [-0.1, -0.05) is 91.8 Å². The van der Waals surface area contributed by atoms with Gasteiger partial charge < -0.3 is 4.57 Å². The van der Waals surface area contributed by atoms with E-state index in [0.29, 0.717) is 11.5 Å². The van der Waals surface area contributed by atoms with Crippen LogP contribution in [0.4, 0.5) is 0 Å². The molecule has 0 N–H and O–H groups in total. The number of fused-ring (bicyclic) bond motifs is 3. The molecule has 0 aliphatic rings. The van der Waals surface area contributed by atoms with Crippen molar-refractivity contribution in [1.82, 2.24) is 9.55 Å². The molecule has 0 bridgehead atoms. The molecule has 3 aromatic rings. The fourth-order valence-corrected chi connectivity index (χ4v) is 5.90. The first-order valence-corrected chi connectivity index (χ1v) is 12.7. The molecular formula is C29H44N2. The van der Waals surface area contributed by atoms with E-state index in [9.17, 15) is 0 Å². The van der Waals surface area contributed by atoms with Crippen molar-refractivity contribution in [3.63, 3.8) is 0 Å². The quantitative estimate of drug-likeness (QED) is 0.267. The largest absolute Gasteiger partial charge is 0.337 e. The summed E-state index contributed by atoms with van der Waals surface area (Å²) in [4.78, 5) is 4.48. The van der Waals surface area contributed by atoms with E-state index >= 15 is 0 Å². The van der Waals surface area contributed by atoms with Crippen molar-refractivity contribution >= 4 is 21.8 Å². The van der Waals surface area contributed by atoms with E-state index in [4.69, 9.17) is 0 Å². The summed E-state index contributed by atoms with van der Waals surface area (Å²) in [6.07, 6.45) is 15.6. The number of hydrogen-bond donors (Lipinski definition) is 0. The molecule has 2 nitrogen and oxygen atoms in total. The highest BCUT2D eigenvalue weighted by atomic mass is 15.0. The van der Waals surface area contributed by atoms with Gasteiger partial charge in [0.1, 0.15) is 0 Å². The summed E-state index contributed by atoms with van der Waals surface area (Å²) in [6.45, 7) is 14.6. The maximum absolute atomic E-state index is 4.48. The maximum atomic E-state index is 4.48. The van der Waals surface area contributed by atoms with Crippen molar-refractivity contribution in [2.24, 2.45) is 10.8 Å². The predicted octanol–water partition coefficient (Wildman–Crippen LogP) is 9.33. The second kappa shape index (κ2) is 10.2. The van der Waals surface area contributed by atoms with Crippen molar-refractivity contribution < 1.29 is 0 Å². The van der Waals surface area contributed by atoms with Crippen LogP contribution >= 0.6 is 0 Å². The zero-order chi connectivity index (χ0) is 22.5. The molecule has 0 radical (unpaired) electrons. The Morgan fingerprint density at radius 1 is 0.806 bits per heavy atom. The topological polar surface area (TPSA) is 17.8 Å². The molecule has 31 heavy (non-hydrogen) atoms. The Morgan fingerprint density at radius 3 is 2.16 bits per heavy atom. The van der Waals surface area contributed by atoms with Gasteiger partial charge in [0.15, 0.2) is 0 Å². The highest BCUT2D eigenvalue weighted by molar-refractivity contribution is 6.07. The number of unbranched alkanes of at least 4 members (excludes halogenated alkanes) is 2. The molecule has 2 aromatic heterocycles. The molecule has 2 heteroatoms. The number of hydrogen-bond acceptors (Lipinski definition) is 1. The number of aromatic nitrogens is 2. The van der Waals surface area contributed by atoms with Gasteiger partial charge in [-0.05, 0) is 48.6 Å². The van der Waals surface area contributed by atoms with Gasteiger partial charge in [0, 0.05) is 34.7 Å². The molecule has 170 valence electrons. The van der Waals surface area contributed by atoms with Crippen LogP contribution < -0.4 is 0 Å². The van der Waals surface area contributed by atoms with Crippen LogP contribution in [0.25, 0.3) is 21.8 Å². The van der Waals surface area contributed by atoms with Gasteiger partial charge in [-0.15, -0.1) is 0 Å². The average molecular weight is 421 g/mol. The van der Waals surface area contributed by atoms with Crippen LogP contribution in [-0.2, 0) is 0 Å². The van der Waals surface area contributed by atoms with Crippen LogP contribution in [-0.4, -0.2) is 9.55 Å². The summed E-state index contributed by atoms with van der Waals surface area (Å²) in [5.41, 5.74) is 3.33. The van der Waals surface area contributed by atoms with Crippen LogP contribution in [0.1, 0.15) is 105 Å². The second-order valence-electron chi connectivity index (χ2n) is 10.8. The SMILES string of the molecule is CCCCCC(C)(C)C(CC(C)(CCC)CCC)n1c2ccccc2c2cnccc21. The maximum Gasteiger partial charge on any atom is 0.0525 e. The third kappa shape index (κ3) is 5.16. The van der Waals surface area contributed by atoms with Gasteiger partial charge in [0.2, 0.25) is 0 Å². The minimum Gasteiger partial charge on any atom is -0.337 e. The summed E-state index contributed by atoms with van der Waals surface area (Å²) in [5.74, 6) is 0. The first-order chi connectivity index (χ1) is 14.9. The lowest BCUT2D eigenvalue weighted by Gasteiger charge is -2.43. The normalized spacial score (nSPS) is 13.9. The van der Waals surface area contributed by atoms with E-state index in [1.54, 1.807) is 0 Å². The van der Waals surface area contributed by atoms with Gasteiger partial charge in [0.25, 0.3) is 0 Å². The molecule has 0 amide bonds. The van der Waals surface area contributed by atoms with Gasteiger partial charge in [-0.2, -0.15) is 0 Å². The molecule has 0 aliphatic heterocycles.